The molecule has 6 nitrogen and oxygen atoms in total. The van der Waals surface area contributed by atoms with Gasteiger partial charge >= 0.3 is 0 Å². The minimum absolute atomic E-state index is 0.0503. The van der Waals surface area contributed by atoms with Crippen LogP contribution in [0.5, 0.6) is 0 Å². The van der Waals surface area contributed by atoms with Gasteiger partial charge in [-0.05, 0) is 13.8 Å². The second-order valence-corrected chi connectivity index (χ2v) is 6.56. The number of nitrogens with zero attached hydrogens (tertiary/aromatic N) is 2. The lowest BCUT2D eigenvalue weighted by Crippen LogP contribution is -2.44. The van der Waals surface area contributed by atoms with Crippen LogP contribution in [0.3, 0.4) is 0 Å². The number of nitrogens with one attached hydrogen (secondary N) is 1. The van der Waals surface area contributed by atoms with Gasteiger partial charge in [0.2, 0.25) is 0 Å². The summed E-state index contributed by atoms with van der Waals surface area (Å²) in [6, 6.07) is 0. The third-order valence-corrected chi connectivity index (χ3v) is 4.58. The smallest absolute Gasteiger partial charge is 0.257 e. The predicted octanol–water partition coefficient (Wildman–Crippen LogP) is -0.103. The monoisotopic (exact) mass is 257 g/mol. The van der Waals surface area contributed by atoms with Crippen LogP contribution in [0.1, 0.15) is 21.7 Å². The standard InChI is InChI=1S/C10H15N3O3S/c1-7-9(8(2)12-11-7)10(14)13-3-5-17(15,16)6-4-13/h3-6H2,1-2H3,(H,11,12). The zero-order chi connectivity index (χ0) is 12.6. The normalized spacial score (nSPS) is 19.3. The molecule has 0 aromatic carbocycles. The van der Waals surface area contributed by atoms with Gasteiger partial charge in [0, 0.05) is 18.8 Å². The molecule has 1 aromatic heterocycles. The van der Waals surface area contributed by atoms with Crippen LogP contribution in [0, 0.1) is 13.8 Å². The van der Waals surface area contributed by atoms with E-state index in [0.717, 1.165) is 5.69 Å². The summed E-state index contributed by atoms with van der Waals surface area (Å²) in [5.74, 6) is -0.0349. The van der Waals surface area contributed by atoms with Crippen molar-refractivity contribution in [3.05, 3.63) is 17.0 Å². The number of sulfone groups is 1. The highest BCUT2D eigenvalue weighted by Gasteiger charge is 2.28. The topological polar surface area (TPSA) is 83.1 Å². The quantitative estimate of drug-likeness (QED) is 0.761. The molecule has 1 aliphatic rings. The van der Waals surface area contributed by atoms with E-state index in [-0.39, 0.29) is 30.5 Å². The van der Waals surface area contributed by atoms with Crippen LogP contribution in [0.15, 0.2) is 0 Å². The fraction of sp³-hybridized carbons (Fsp3) is 0.600. The van der Waals surface area contributed by atoms with E-state index in [4.69, 9.17) is 0 Å². The minimum atomic E-state index is -2.96. The molecular weight excluding hydrogens is 242 g/mol. The number of carbonyl (C=O) groups excluding carboxylic acids is 1. The van der Waals surface area contributed by atoms with Crippen molar-refractivity contribution in [2.75, 3.05) is 24.6 Å². The molecule has 0 atom stereocenters. The molecule has 1 fully saturated rings. The molecule has 1 amide bonds. The fourth-order valence-corrected chi connectivity index (χ4v) is 3.14. The van der Waals surface area contributed by atoms with E-state index < -0.39 is 9.84 Å². The number of carbonyl (C=O) groups is 1. The van der Waals surface area contributed by atoms with Gasteiger partial charge < -0.3 is 4.90 Å². The first kappa shape index (κ1) is 12.1. The third-order valence-electron chi connectivity index (χ3n) is 2.97. The maximum absolute atomic E-state index is 12.2. The van der Waals surface area contributed by atoms with E-state index in [1.165, 1.54) is 0 Å². The molecule has 1 aliphatic heterocycles. The SMILES string of the molecule is Cc1n[nH]c(C)c1C(=O)N1CCS(=O)(=O)CC1. The summed E-state index contributed by atoms with van der Waals surface area (Å²) in [5.41, 5.74) is 1.94. The molecule has 0 radical (unpaired) electrons. The Morgan fingerprint density at radius 1 is 1.29 bits per heavy atom. The highest BCUT2D eigenvalue weighted by atomic mass is 32.2. The summed E-state index contributed by atoms with van der Waals surface area (Å²) in [6.45, 7) is 4.09. The maximum Gasteiger partial charge on any atom is 0.257 e. The average Bonchev–Trinajstić information content (AvgIpc) is 2.58. The zero-order valence-electron chi connectivity index (χ0n) is 9.86. The molecule has 0 spiro atoms. The van der Waals surface area contributed by atoms with Crippen molar-refractivity contribution in [1.82, 2.24) is 15.1 Å². The van der Waals surface area contributed by atoms with Crippen molar-refractivity contribution < 1.29 is 13.2 Å². The van der Waals surface area contributed by atoms with Gasteiger partial charge in [-0.1, -0.05) is 0 Å². The van der Waals surface area contributed by atoms with E-state index >= 15 is 0 Å². The summed E-state index contributed by atoms with van der Waals surface area (Å²) >= 11 is 0. The Labute approximate surface area is 99.9 Å². The molecular formula is C10H15N3O3S. The number of amides is 1. The van der Waals surface area contributed by atoms with Gasteiger partial charge in [-0.2, -0.15) is 5.10 Å². The molecule has 2 heterocycles. The molecule has 17 heavy (non-hydrogen) atoms. The number of aryl methyl sites for hydroxylation is 2. The van der Waals surface area contributed by atoms with Crippen LogP contribution in [0.4, 0.5) is 0 Å². The molecule has 0 bridgehead atoms. The molecule has 94 valence electrons. The van der Waals surface area contributed by atoms with Gasteiger partial charge in [0.25, 0.3) is 5.91 Å². The Morgan fingerprint density at radius 3 is 2.35 bits per heavy atom. The first-order chi connectivity index (χ1) is 7.91. The number of hydrogen-bond acceptors (Lipinski definition) is 4. The number of rotatable bonds is 1. The molecule has 0 aliphatic carbocycles. The lowest BCUT2D eigenvalue weighted by Gasteiger charge is -2.26. The summed E-state index contributed by atoms with van der Waals surface area (Å²) in [5, 5.41) is 6.73. The summed E-state index contributed by atoms with van der Waals surface area (Å²) in [4.78, 5) is 13.8. The Balaban J connectivity index is 2.18. The van der Waals surface area contributed by atoms with Crippen molar-refractivity contribution in [1.29, 1.82) is 0 Å². The predicted molar refractivity (Wildman–Crippen MR) is 62.6 cm³/mol. The summed E-state index contributed by atoms with van der Waals surface area (Å²) in [6.07, 6.45) is 0. The van der Waals surface area contributed by atoms with Crippen molar-refractivity contribution in [2.24, 2.45) is 0 Å². The summed E-state index contributed by atoms with van der Waals surface area (Å²) in [7, 11) is -2.96. The first-order valence-electron chi connectivity index (χ1n) is 5.42. The van der Waals surface area contributed by atoms with Gasteiger partial charge in [-0.15, -0.1) is 0 Å². The van der Waals surface area contributed by atoms with Crippen molar-refractivity contribution in [3.63, 3.8) is 0 Å². The van der Waals surface area contributed by atoms with Crippen LogP contribution in [0.25, 0.3) is 0 Å². The maximum atomic E-state index is 12.2. The van der Waals surface area contributed by atoms with Gasteiger partial charge in [0.05, 0.1) is 22.8 Å². The van der Waals surface area contributed by atoms with Crippen LogP contribution in [0.2, 0.25) is 0 Å². The molecule has 2 rings (SSSR count). The number of hydrogen-bond donors (Lipinski definition) is 1. The highest BCUT2D eigenvalue weighted by Crippen LogP contribution is 2.14. The Morgan fingerprint density at radius 2 is 1.88 bits per heavy atom. The highest BCUT2D eigenvalue weighted by molar-refractivity contribution is 7.91. The van der Waals surface area contributed by atoms with Crippen LogP contribution in [-0.4, -0.2) is 54.0 Å². The lowest BCUT2D eigenvalue weighted by molar-refractivity contribution is 0.0769. The van der Waals surface area contributed by atoms with Crippen LogP contribution >= 0.6 is 0 Å². The van der Waals surface area contributed by atoms with Gasteiger partial charge in [-0.3, -0.25) is 9.89 Å². The molecule has 0 unspecified atom stereocenters. The van der Waals surface area contributed by atoms with E-state index in [9.17, 15) is 13.2 Å². The van der Waals surface area contributed by atoms with Gasteiger partial charge in [0.1, 0.15) is 0 Å². The molecule has 1 aromatic rings. The van der Waals surface area contributed by atoms with Crippen molar-refractivity contribution in [3.8, 4) is 0 Å². The van der Waals surface area contributed by atoms with Gasteiger partial charge in [0.15, 0.2) is 9.84 Å². The Bertz CT molecular complexity index is 514. The zero-order valence-corrected chi connectivity index (χ0v) is 10.7. The Hall–Kier alpha value is -1.37. The van der Waals surface area contributed by atoms with E-state index in [0.29, 0.717) is 11.3 Å². The largest absolute Gasteiger partial charge is 0.336 e. The van der Waals surface area contributed by atoms with Crippen molar-refractivity contribution >= 4 is 15.7 Å². The van der Waals surface area contributed by atoms with Crippen molar-refractivity contribution in [2.45, 2.75) is 13.8 Å². The molecule has 0 saturated carbocycles. The average molecular weight is 257 g/mol. The molecule has 1 N–H and O–H groups in total. The summed E-state index contributed by atoms with van der Waals surface area (Å²) < 4.78 is 22.6. The van der Waals surface area contributed by atoms with Crippen LogP contribution < -0.4 is 0 Å². The molecule has 7 heteroatoms. The third kappa shape index (κ3) is 2.33. The van der Waals surface area contributed by atoms with Gasteiger partial charge in [-0.25, -0.2) is 8.42 Å². The number of H-pyrrole nitrogens is 1. The second kappa shape index (κ2) is 4.14. The first-order valence-corrected chi connectivity index (χ1v) is 7.24. The number of aromatic nitrogens is 2. The minimum Gasteiger partial charge on any atom is -0.336 e. The Kier molecular flexibility index (Phi) is 2.94. The molecule has 1 saturated heterocycles. The second-order valence-electron chi connectivity index (χ2n) is 4.25. The van der Waals surface area contributed by atoms with Crippen LogP contribution in [-0.2, 0) is 9.84 Å². The fourth-order valence-electron chi connectivity index (χ4n) is 1.94. The lowest BCUT2D eigenvalue weighted by atomic mass is 10.1. The van der Waals surface area contributed by atoms with E-state index in [1.54, 1.807) is 18.7 Å². The van der Waals surface area contributed by atoms with E-state index in [2.05, 4.69) is 10.2 Å². The van der Waals surface area contributed by atoms with E-state index in [1.807, 2.05) is 0 Å². The number of aromatic amines is 1.